The lowest BCUT2D eigenvalue weighted by Crippen LogP contribution is -2.12. The molecule has 2 rings (SSSR count). The molecule has 0 unspecified atom stereocenters. The van der Waals surface area contributed by atoms with E-state index in [0.717, 1.165) is 11.1 Å². The van der Waals surface area contributed by atoms with E-state index in [-0.39, 0.29) is 5.91 Å². The van der Waals surface area contributed by atoms with E-state index < -0.39 is 0 Å². The largest absolute Gasteiger partial charge is 0.495 e. The van der Waals surface area contributed by atoms with Crippen LogP contribution in [0.2, 0.25) is 0 Å². The van der Waals surface area contributed by atoms with E-state index in [9.17, 15) is 4.79 Å². The standard InChI is InChI=1S/C16H18N2O2/c1-11-3-6-13(7-4-11)16(19)18-14-8-5-12(10-17)9-15(14)20-2/h3-9H,10,17H2,1-2H3,(H,18,19). The van der Waals surface area contributed by atoms with E-state index in [2.05, 4.69) is 5.32 Å². The molecule has 2 aromatic rings. The molecule has 4 nitrogen and oxygen atoms in total. The van der Waals surface area contributed by atoms with Crippen LogP contribution < -0.4 is 15.8 Å². The third kappa shape index (κ3) is 3.16. The monoisotopic (exact) mass is 270 g/mol. The molecule has 0 aromatic heterocycles. The van der Waals surface area contributed by atoms with Gasteiger partial charge in [0.25, 0.3) is 5.91 Å². The van der Waals surface area contributed by atoms with Gasteiger partial charge in [-0.05, 0) is 36.8 Å². The molecule has 0 saturated heterocycles. The lowest BCUT2D eigenvalue weighted by molar-refractivity contribution is 0.102. The number of ether oxygens (including phenoxy) is 1. The Morgan fingerprint density at radius 2 is 1.90 bits per heavy atom. The Bertz CT molecular complexity index is 606. The summed E-state index contributed by atoms with van der Waals surface area (Å²) in [6.07, 6.45) is 0. The summed E-state index contributed by atoms with van der Waals surface area (Å²) in [6.45, 7) is 2.42. The third-order valence-electron chi connectivity index (χ3n) is 3.06. The molecule has 0 spiro atoms. The summed E-state index contributed by atoms with van der Waals surface area (Å²) >= 11 is 0. The molecule has 104 valence electrons. The van der Waals surface area contributed by atoms with Crippen molar-refractivity contribution in [1.82, 2.24) is 0 Å². The molecule has 20 heavy (non-hydrogen) atoms. The number of methoxy groups -OCH3 is 1. The van der Waals surface area contributed by atoms with Crippen molar-refractivity contribution in [1.29, 1.82) is 0 Å². The quantitative estimate of drug-likeness (QED) is 0.897. The summed E-state index contributed by atoms with van der Waals surface area (Å²) in [7, 11) is 1.57. The molecule has 0 saturated carbocycles. The van der Waals surface area contributed by atoms with Gasteiger partial charge >= 0.3 is 0 Å². The van der Waals surface area contributed by atoms with Gasteiger partial charge in [0.1, 0.15) is 5.75 Å². The number of hydrogen-bond acceptors (Lipinski definition) is 3. The van der Waals surface area contributed by atoms with Gasteiger partial charge in [0.05, 0.1) is 12.8 Å². The molecule has 4 heteroatoms. The first-order valence-electron chi connectivity index (χ1n) is 6.39. The molecule has 3 N–H and O–H groups in total. The normalized spacial score (nSPS) is 10.2. The topological polar surface area (TPSA) is 64.3 Å². The maximum absolute atomic E-state index is 12.2. The fourth-order valence-corrected chi connectivity index (χ4v) is 1.87. The number of nitrogens with one attached hydrogen (secondary N) is 1. The average molecular weight is 270 g/mol. The summed E-state index contributed by atoms with van der Waals surface area (Å²) in [5, 5.41) is 2.84. The highest BCUT2D eigenvalue weighted by Gasteiger charge is 2.10. The number of benzene rings is 2. The molecule has 0 atom stereocenters. The molecule has 0 radical (unpaired) electrons. The Kier molecular flexibility index (Phi) is 4.38. The maximum atomic E-state index is 12.2. The number of carbonyl (C=O) groups excluding carboxylic acids is 1. The van der Waals surface area contributed by atoms with Crippen LogP contribution in [0.5, 0.6) is 5.75 Å². The SMILES string of the molecule is COc1cc(CN)ccc1NC(=O)c1ccc(C)cc1. The second kappa shape index (κ2) is 6.21. The molecule has 0 aliphatic rings. The number of nitrogens with two attached hydrogens (primary N) is 1. The average Bonchev–Trinajstić information content (AvgIpc) is 2.48. The highest BCUT2D eigenvalue weighted by atomic mass is 16.5. The second-order valence-corrected chi connectivity index (χ2v) is 4.56. The van der Waals surface area contributed by atoms with Gasteiger partial charge in [0.15, 0.2) is 0 Å². The predicted octanol–water partition coefficient (Wildman–Crippen LogP) is 2.71. The molecule has 0 bridgehead atoms. The van der Waals surface area contributed by atoms with Gasteiger partial charge in [-0.25, -0.2) is 0 Å². The van der Waals surface area contributed by atoms with Crippen molar-refractivity contribution in [3.63, 3.8) is 0 Å². The van der Waals surface area contributed by atoms with Crippen LogP contribution in [-0.4, -0.2) is 13.0 Å². The number of carbonyl (C=O) groups is 1. The van der Waals surface area contributed by atoms with Crippen LogP contribution in [-0.2, 0) is 6.54 Å². The van der Waals surface area contributed by atoms with Crippen LogP contribution in [0.4, 0.5) is 5.69 Å². The molecular formula is C16H18N2O2. The number of anilines is 1. The first-order chi connectivity index (χ1) is 9.63. The number of aryl methyl sites for hydroxylation is 1. The van der Waals surface area contributed by atoms with Crippen LogP contribution in [0.3, 0.4) is 0 Å². The third-order valence-corrected chi connectivity index (χ3v) is 3.06. The van der Waals surface area contributed by atoms with Crippen molar-refractivity contribution in [3.8, 4) is 5.75 Å². The Balaban J connectivity index is 2.21. The van der Waals surface area contributed by atoms with Crippen LogP contribution in [0.1, 0.15) is 21.5 Å². The zero-order chi connectivity index (χ0) is 14.5. The summed E-state index contributed by atoms with van der Waals surface area (Å²) in [5.41, 5.74) is 8.90. The minimum absolute atomic E-state index is 0.163. The van der Waals surface area contributed by atoms with E-state index >= 15 is 0 Å². The smallest absolute Gasteiger partial charge is 0.255 e. The predicted molar refractivity (Wildman–Crippen MR) is 80.0 cm³/mol. The van der Waals surface area contributed by atoms with E-state index in [4.69, 9.17) is 10.5 Å². The molecular weight excluding hydrogens is 252 g/mol. The first-order valence-corrected chi connectivity index (χ1v) is 6.39. The van der Waals surface area contributed by atoms with Crippen LogP contribution in [0, 0.1) is 6.92 Å². The Morgan fingerprint density at radius 3 is 2.50 bits per heavy atom. The van der Waals surface area contributed by atoms with E-state index in [1.165, 1.54) is 0 Å². The number of hydrogen-bond donors (Lipinski definition) is 2. The van der Waals surface area contributed by atoms with Gasteiger partial charge in [0.2, 0.25) is 0 Å². The van der Waals surface area contributed by atoms with Crippen LogP contribution in [0.15, 0.2) is 42.5 Å². The van der Waals surface area contributed by atoms with Crippen molar-refractivity contribution in [2.45, 2.75) is 13.5 Å². The zero-order valence-corrected chi connectivity index (χ0v) is 11.6. The van der Waals surface area contributed by atoms with Gasteiger partial charge in [-0.2, -0.15) is 0 Å². The molecule has 0 heterocycles. The Hall–Kier alpha value is -2.33. The Labute approximate surface area is 118 Å². The summed E-state index contributed by atoms with van der Waals surface area (Å²) in [6, 6.07) is 12.9. The van der Waals surface area contributed by atoms with Gasteiger partial charge in [-0.1, -0.05) is 23.8 Å². The van der Waals surface area contributed by atoms with Crippen molar-refractivity contribution in [3.05, 3.63) is 59.2 Å². The van der Waals surface area contributed by atoms with E-state index in [1.54, 1.807) is 25.3 Å². The van der Waals surface area contributed by atoms with Gasteiger partial charge in [0, 0.05) is 12.1 Å². The minimum atomic E-state index is -0.163. The van der Waals surface area contributed by atoms with Gasteiger partial charge in [-0.15, -0.1) is 0 Å². The van der Waals surface area contributed by atoms with Gasteiger partial charge < -0.3 is 15.8 Å². The summed E-state index contributed by atoms with van der Waals surface area (Å²) in [4.78, 5) is 12.2. The van der Waals surface area contributed by atoms with Crippen molar-refractivity contribution in [2.75, 3.05) is 12.4 Å². The summed E-state index contributed by atoms with van der Waals surface area (Å²) < 4.78 is 5.27. The molecule has 0 aliphatic heterocycles. The van der Waals surface area contributed by atoms with Crippen LogP contribution >= 0.6 is 0 Å². The molecule has 2 aromatic carbocycles. The lowest BCUT2D eigenvalue weighted by atomic mass is 10.1. The summed E-state index contributed by atoms with van der Waals surface area (Å²) in [5.74, 6) is 0.442. The minimum Gasteiger partial charge on any atom is -0.495 e. The van der Waals surface area contributed by atoms with Crippen LogP contribution in [0.25, 0.3) is 0 Å². The maximum Gasteiger partial charge on any atom is 0.255 e. The zero-order valence-electron chi connectivity index (χ0n) is 11.6. The fraction of sp³-hybridized carbons (Fsp3) is 0.188. The number of rotatable bonds is 4. The fourth-order valence-electron chi connectivity index (χ4n) is 1.87. The Morgan fingerprint density at radius 1 is 1.20 bits per heavy atom. The van der Waals surface area contributed by atoms with Crippen molar-refractivity contribution in [2.24, 2.45) is 5.73 Å². The molecule has 1 amide bonds. The highest BCUT2D eigenvalue weighted by molar-refractivity contribution is 6.05. The second-order valence-electron chi connectivity index (χ2n) is 4.56. The number of amides is 1. The highest BCUT2D eigenvalue weighted by Crippen LogP contribution is 2.26. The van der Waals surface area contributed by atoms with Crippen molar-refractivity contribution < 1.29 is 9.53 Å². The lowest BCUT2D eigenvalue weighted by Gasteiger charge is -2.11. The molecule has 0 aliphatic carbocycles. The van der Waals surface area contributed by atoms with Gasteiger partial charge in [-0.3, -0.25) is 4.79 Å². The molecule has 0 fully saturated rings. The van der Waals surface area contributed by atoms with E-state index in [0.29, 0.717) is 23.5 Å². The van der Waals surface area contributed by atoms with E-state index in [1.807, 2.05) is 31.2 Å². The first kappa shape index (κ1) is 14.1. The van der Waals surface area contributed by atoms with Crippen molar-refractivity contribution >= 4 is 11.6 Å².